The highest BCUT2D eigenvalue weighted by Crippen LogP contribution is 2.32. The monoisotopic (exact) mass is 345 g/mol. The highest BCUT2D eigenvalue weighted by Gasteiger charge is 2.20. The predicted octanol–water partition coefficient (Wildman–Crippen LogP) is 3.83. The smallest absolute Gasteiger partial charge is 0.345 e. The number of hydrogen-bond acceptors (Lipinski definition) is 3. The quantitative estimate of drug-likeness (QED) is 0.656. The van der Waals surface area contributed by atoms with Crippen molar-refractivity contribution in [1.29, 1.82) is 0 Å². The summed E-state index contributed by atoms with van der Waals surface area (Å²) in [5.41, 5.74) is 3.89. The number of anilines is 2. The van der Waals surface area contributed by atoms with Crippen LogP contribution >= 0.6 is 11.6 Å². The third-order valence-electron chi connectivity index (χ3n) is 4.19. The fraction of sp³-hybridized carbons (Fsp3) is 0.278. The maximum atomic E-state index is 11.6. The van der Waals surface area contributed by atoms with E-state index in [0.29, 0.717) is 10.8 Å². The summed E-state index contributed by atoms with van der Waals surface area (Å²) in [6.07, 6.45) is 1.96. The van der Waals surface area contributed by atoms with Crippen molar-refractivity contribution in [3.8, 4) is 0 Å². The second-order valence-corrected chi connectivity index (χ2v) is 6.27. The zero-order chi connectivity index (χ0) is 17.1. The molecule has 1 heterocycles. The number of hydrogen-bond donors (Lipinski definition) is 2. The zero-order valence-corrected chi connectivity index (χ0v) is 14.3. The summed E-state index contributed by atoms with van der Waals surface area (Å²) >= 11 is 6.07. The number of carbonyl (C=O) groups is 1. The van der Waals surface area contributed by atoms with Crippen LogP contribution in [0.5, 0.6) is 0 Å². The molecule has 0 bridgehead atoms. The fourth-order valence-electron chi connectivity index (χ4n) is 3.04. The molecule has 0 aromatic heterocycles. The number of benzene rings is 2. The van der Waals surface area contributed by atoms with Crippen LogP contribution in [-0.2, 0) is 13.0 Å². The third-order valence-corrected chi connectivity index (χ3v) is 4.43. The average molecular weight is 346 g/mol. The Bertz CT molecular complexity index is 751. The first-order valence-electron chi connectivity index (χ1n) is 7.91. The van der Waals surface area contributed by atoms with Gasteiger partial charge in [-0.3, -0.25) is 5.21 Å². The molecular weight excluding hydrogens is 326 g/mol. The molecule has 0 atom stereocenters. The summed E-state index contributed by atoms with van der Waals surface area (Å²) in [5.74, 6) is 0. The van der Waals surface area contributed by atoms with E-state index in [1.165, 1.54) is 7.05 Å². The van der Waals surface area contributed by atoms with Crippen LogP contribution in [0.4, 0.5) is 16.2 Å². The van der Waals surface area contributed by atoms with Crippen LogP contribution in [0.2, 0.25) is 5.02 Å². The Morgan fingerprint density at radius 1 is 1.33 bits per heavy atom. The molecular formula is C18H20ClN3O2. The number of rotatable bonds is 3. The normalized spacial score (nSPS) is 13.4. The van der Waals surface area contributed by atoms with E-state index < -0.39 is 6.03 Å². The maximum Gasteiger partial charge on any atom is 0.345 e. The van der Waals surface area contributed by atoms with Crippen molar-refractivity contribution in [3.05, 3.63) is 58.6 Å². The molecule has 2 amide bonds. The lowest BCUT2D eigenvalue weighted by Crippen LogP contribution is -2.35. The summed E-state index contributed by atoms with van der Waals surface area (Å²) < 4.78 is 0. The summed E-state index contributed by atoms with van der Waals surface area (Å²) in [7, 11) is 1.48. The molecule has 2 aromatic carbocycles. The molecule has 1 aliphatic heterocycles. The first kappa shape index (κ1) is 16.6. The maximum absolute atomic E-state index is 11.6. The lowest BCUT2D eigenvalue weighted by atomic mass is 10.00. The van der Waals surface area contributed by atoms with Gasteiger partial charge in [0.2, 0.25) is 0 Å². The molecule has 3 rings (SSSR count). The highest BCUT2D eigenvalue weighted by atomic mass is 35.5. The predicted molar refractivity (Wildman–Crippen MR) is 96.0 cm³/mol. The topological polar surface area (TPSA) is 55.8 Å². The van der Waals surface area contributed by atoms with Gasteiger partial charge in [-0.05, 0) is 54.3 Å². The SMILES string of the molecule is CNC(=O)N(O)c1ccc2c(c1)CCCN2Cc1cccc(Cl)c1. The molecule has 126 valence electrons. The molecule has 1 aliphatic rings. The minimum atomic E-state index is -0.554. The van der Waals surface area contributed by atoms with E-state index in [-0.39, 0.29) is 0 Å². The number of hydroxylamine groups is 1. The van der Waals surface area contributed by atoms with Crippen molar-refractivity contribution < 1.29 is 10.0 Å². The molecule has 0 radical (unpaired) electrons. The van der Waals surface area contributed by atoms with Gasteiger partial charge in [-0.15, -0.1) is 0 Å². The summed E-state index contributed by atoms with van der Waals surface area (Å²) in [6.45, 7) is 1.75. The molecule has 0 spiro atoms. The summed E-state index contributed by atoms with van der Waals surface area (Å²) in [6, 6.07) is 12.9. The molecule has 0 aliphatic carbocycles. The molecule has 0 unspecified atom stereocenters. The number of nitrogens with one attached hydrogen (secondary N) is 1. The van der Waals surface area contributed by atoms with Gasteiger partial charge in [-0.1, -0.05) is 23.7 Å². The second kappa shape index (κ2) is 7.11. The van der Waals surface area contributed by atoms with Gasteiger partial charge >= 0.3 is 6.03 Å². The van der Waals surface area contributed by atoms with Crippen molar-refractivity contribution >= 4 is 29.0 Å². The molecule has 6 heteroatoms. The minimum absolute atomic E-state index is 0.470. The van der Waals surface area contributed by atoms with Crippen LogP contribution in [0, 0.1) is 0 Å². The molecule has 5 nitrogen and oxygen atoms in total. The second-order valence-electron chi connectivity index (χ2n) is 5.84. The number of carbonyl (C=O) groups excluding carboxylic acids is 1. The number of halogens is 1. The standard InChI is InChI=1S/C18H20ClN3O2/c1-20-18(23)22(24)16-7-8-17-14(11-16)5-3-9-21(17)12-13-4-2-6-15(19)10-13/h2,4,6-8,10-11,24H,3,5,9,12H2,1H3,(H,20,23). The van der Waals surface area contributed by atoms with Crippen LogP contribution in [0.25, 0.3) is 0 Å². The van der Waals surface area contributed by atoms with Gasteiger partial charge in [0.1, 0.15) is 0 Å². The van der Waals surface area contributed by atoms with Crippen LogP contribution in [-0.4, -0.2) is 24.8 Å². The molecule has 0 saturated carbocycles. The number of fused-ring (bicyclic) bond motifs is 1. The Labute approximate surface area is 146 Å². The number of nitrogens with zero attached hydrogens (tertiary/aromatic N) is 2. The van der Waals surface area contributed by atoms with Gasteiger partial charge < -0.3 is 10.2 Å². The largest absolute Gasteiger partial charge is 0.367 e. The molecule has 0 fully saturated rings. The Morgan fingerprint density at radius 3 is 2.92 bits per heavy atom. The zero-order valence-electron chi connectivity index (χ0n) is 13.5. The van der Waals surface area contributed by atoms with Crippen molar-refractivity contribution in [2.24, 2.45) is 0 Å². The van der Waals surface area contributed by atoms with E-state index in [9.17, 15) is 10.0 Å². The first-order valence-corrected chi connectivity index (χ1v) is 8.29. The summed E-state index contributed by atoms with van der Waals surface area (Å²) in [5, 5.41) is 13.7. The Balaban J connectivity index is 1.84. The van der Waals surface area contributed by atoms with Crippen LogP contribution < -0.4 is 15.3 Å². The van der Waals surface area contributed by atoms with E-state index in [0.717, 1.165) is 47.8 Å². The van der Waals surface area contributed by atoms with E-state index in [2.05, 4.69) is 16.3 Å². The molecule has 0 saturated heterocycles. The third kappa shape index (κ3) is 3.47. The van der Waals surface area contributed by atoms with E-state index in [4.69, 9.17) is 11.6 Å². The Kier molecular flexibility index (Phi) is 4.92. The van der Waals surface area contributed by atoms with Gasteiger partial charge in [0, 0.05) is 30.8 Å². The van der Waals surface area contributed by atoms with Crippen molar-refractivity contribution in [3.63, 3.8) is 0 Å². The number of amides is 2. The van der Waals surface area contributed by atoms with Crippen LogP contribution in [0.15, 0.2) is 42.5 Å². The van der Waals surface area contributed by atoms with E-state index in [1.54, 1.807) is 6.07 Å². The average Bonchev–Trinajstić information content (AvgIpc) is 2.60. The summed E-state index contributed by atoms with van der Waals surface area (Å²) in [4.78, 5) is 13.9. The molecule has 2 aromatic rings. The van der Waals surface area contributed by atoms with Gasteiger partial charge in [-0.2, -0.15) is 5.06 Å². The van der Waals surface area contributed by atoms with Gasteiger partial charge in [0.15, 0.2) is 0 Å². The lowest BCUT2D eigenvalue weighted by Gasteiger charge is -2.32. The number of aryl methyl sites for hydroxylation is 1. The van der Waals surface area contributed by atoms with Gasteiger partial charge in [-0.25, -0.2) is 4.79 Å². The lowest BCUT2D eigenvalue weighted by molar-refractivity contribution is 0.206. The van der Waals surface area contributed by atoms with Crippen molar-refractivity contribution in [1.82, 2.24) is 5.32 Å². The minimum Gasteiger partial charge on any atom is -0.367 e. The highest BCUT2D eigenvalue weighted by molar-refractivity contribution is 6.30. The molecule has 2 N–H and O–H groups in total. The van der Waals surface area contributed by atoms with Crippen molar-refractivity contribution in [2.45, 2.75) is 19.4 Å². The van der Waals surface area contributed by atoms with Crippen molar-refractivity contribution in [2.75, 3.05) is 23.6 Å². The van der Waals surface area contributed by atoms with Gasteiger partial charge in [0.25, 0.3) is 0 Å². The first-order chi connectivity index (χ1) is 11.6. The number of urea groups is 1. The van der Waals surface area contributed by atoms with Crippen LogP contribution in [0.1, 0.15) is 17.5 Å². The molecule has 24 heavy (non-hydrogen) atoms. The fourth-order valence-corrected chi connectivity index (χ4v) is 3.25. The Morgan fingerprint density at radius 2 is 2.17 bits per heavy atom. The van der Waals surface area contributed by atoms with Crippen LogP contribution in [0.3, 0.4) is 0 Å². The van der Waals surface area contributed by atoms with Gasteiger partial charge in [0.05, 0.1) is 5.69 Å². The van der Waals surface area contributed by atoms with E-state index >= 15 is 0 Å². The Hall–Kier alpha value is -2.24. The van der Waals surface area contributed by atoms with E-state index in [1.807, 2.05) is 30.3 Å².